The van der Waals surface area contributed by atoms with Gasteiger partial charge in [-0.2, -0.15) is 0 Å². The summed E-state index contributed by atoms with van der Waals surface area (Å²) in [6.45, 7) is 2.50. The lowest BCUT2D eigenvalue weighted by atomic mass is 10.1. The number of aromatic nitrogens is 1. The summed E-state index contributed by atoms with van der Waals surface area (Å²) in [5.74, 6) is -1.59. The van der Waals surface area contributed by atoms with Crippen molar-refractivity contribution in [3.8, 4) is 0 Å². The van der Waals surface area contributed by atoms with Crippen LogP contribution in [0.4, 0.5) is 4.39 Å². The first-order valence-corrected chi connectivity index (χ1v) is 4.65. The summed E-state index contributed by atoms with van der Waals surface area (Å²) in [6, 6.07) is 4.57. The lowest BCUT2D eigenvalue weighted by Crippen LogP contribution is -1.95. The first-order chi connectivity index (χ1) is 7.15. The number of benzene rings is 1. The molecule has 2 rings (SSSR count). The van der Waals surface area contributed by atoms with Crippen LogP contribution < -0.4 is 0 Å². The summed E-state index contributed by atoms with van der Waals surface area (Å²) < 4.78 is 15.2. The number of rotatable bonds is 2. The van der Waals surface area contributed by atoms with E-state index in [1.807, 2.05) is 6.92 Å². The van der Waals surface area contributed by atoms with Gasteiger partial charge in [0.2, 0.25) is 0 Å². The lowest BCUT2D eigenvalue weighted by Gasteiger charge is -1.99. The summed E-state index contributed by atoms with van der Waals surface area (Å²) in [5.41, 5.74) is 0.639. The average Bonchev–Trinajstić information content (AvgIpc) is 2.58. The van der Waals surface area contributed by atoms with Gasteiger partial charge >= 0.3 is 5.97 Å². The first-order valence-electron chi connectivity index (χ1n) is 4.65. The first kappa shape index (κ1) is 9.71. The number of hydrogen-bond acceptors (Lipinski definition) is 1. The van der Waals surface area contributed by atoms with Crippen LogP contribution in [0.15, 0.2) is 24.4 Å². The quantitative estimate of drug-likeness (QED) is 0.822. The summed E-state index contributed by atoms with van der Waals surface area (Å²) in [4.78, 5) is 10.9. The second kappa shape index (κ2) is 3.38. The van der Waals surface area contributed by atoms with Gasteiger partial charge in [-0.25, -0.2) is 9.18 Å². The van der Waals surface area contributed by atoms with Crippen molar-refractivity contribution in [2.75, 3.05) is 0 Å². The van der Waals surface area contributed by atoms with Gasteiger partial charge in [0.1, 0.15) is 5.82 Å². The molecule has 0 spiro atoms. The topological polar surface area (TPSA) is 42.2 Å². The SMILES string of the molecule is CCn1cc(C(=O)O)c2c(F)cccc21. The van der Waals surface area contributed by atoms with Crippen LogP contribution in [0.3, 0.4) is 0 Å². The number of halogens is 1. The molecule has 1 aromatic heterocycles. The molecule has 0 aliphatic rings. The minimum absolute atomic E-state index is 0.0185. The fourth-order valence-electron chi connectivity index (χ4n) is 1.73. The minimum atomic E-state index is -1.10. The number of aromatic carboxylic acids is 1. The standard InChI is InChI=1S/C11H10FNO2/c1-2-13-6-7(11(14)15)10-8(12)4-3-5-9(10)13/h3-6H,2H2,1H3,(H,14,15). The molecule has 0 fully saturated rings. The third-order valence-corrected chi connectivity index (χ3v) is 2.43. The van der Waals surface area contributed by atoms with Gasteiger partial charge in [0.05, 0.1) is 11.1 Å². The Labute approximate surface area is 85.7 Å². The maximum absolute atomic E-state index is 13.5. The number of aryl methyl sites for hydroxylation is 1. The molecular formula is C11H10FNO2. The van der Waals surface area contributed by atoms with Crippen LogP contribution in [-0.4, -0.2) is 15.6 Å². The van der Waals surface area contributed by atoms with Gasteiger partial charge < -0.3 is 9.67 Å². The summed E-state index contributed by atoms with van der Waals surface area (Å²) in [7, 11) is 0. The highest BCUT2D eigenvalue weighted by Crippen LogP contribution is 2.24. The van der Waals surface area contributed by atoms with Crippen LogP contribution in [0.5, 0.6) is 0 Å². The molecule has 0 aliphatic heterocycles. The van der Waals surface area contributed by atoms with E-state index in [9.17, 15) is 9.18 Å². The van der Waals surface area contributed by atoms with Crippen molar-refractivity contribution in [2.24, 2.45) is 0 Å². The third kappa shape index (κ3) is 1.38. The summed E-state index contributed by atoms with van der Waals surface area (Å²) in [6.07, 6.45) is 1.47. The minimum Gasteiger partial charge on any atom is -0.478 e. The van der Waals surface area contributed by atoms with Crippen LogP contribution in [-0.2, 0) is 6.54 Å². The van der Waals surface area contributed by atoms with E-state index in [0.717, 1.165) is 0 Å². The Bertz CT molecular complexity index is 531. The number of hydrogen-bond donors (Lipinski definition) is 1. The van der Waals surface area contributed by atoms with Gasteiger partial charge in [0.15, 0.2) is 0 Å². The van der Waals surface area contributed by atoms with Crippen LogP contribution >= 0.6 is 0 Å². The Balaban J connectivity index is 2.88. The van der Waals surface area contributed by atoms with E-state index in [2.05, 4.69) is 0 Å². The molecule has 4 heteroatoms. The predicted octanol–water partition coefficient (Wildman–Crippen LogP) is 2.50. The van der Waals surface area contributed by atoms with Crippen molar-refractivity contribution in [1.29, 1.82) is 0 Å². The molecule has 1 aromatic carbocycles. The highest BCUT2D eigenvalue weighted by atomic mass is 19.1. The predicted molar refractivity (Wildman–Crippen MR) is 54.5 cm³/mol. The molecule has 0 amide bonds. The number of carbonyl (C=O) groups is 1. The van der Waals surface area contributed by atoms with Crippen LogP contribution in [0.1, 0.15) is 17.3 Å². The smallest absolute Gasteiger partial charge is 0.337 e. The molecule has 2 aromatic rings. The van der Waals surface area contributed by atoms with Gasteiger partial charge in [-0.05, 0) is 19.1 Å². The number of carboxylic acid groups (broad SMARTS) is 1. The van der Waals surface area contributed by atoms with Crippen molar-refractivity contribution in [1.82, 2.24) is 4.57 Å². The van der Waals surface area contributed by atoms with Crippen LogP contribution in [0.25, 0.3) is 10.9 Å². The summed E-state index contributed by atoms with van der Waals surface area (Å²) in [5, 5.41) is 9.12. The maximum Gasteiger partial charge on any atom is 0.337 e. The normalized spacial score (nSPS) is 10.8. The lowest BCUT2D eigenvalue weighted by molar-refractivity contribution is 0.0698. The zero-order chi connectivity index (χ0) is 11.0. The number of carboxylic acids is 1. The van der Waals surface area contributed by atoms with Crippen LogP contribution in [0, 0.1) is 5.82 Å². The van der Waals surface area contributed by atoms with E-state index in [1.54, 1.807) is 16.7 Å². The third-order valence-electron chi connectivity index (χ3n) is 2.43. The highest BCUT2D eigenvalue weighted by molar-refractivity contribution is 6.03. The fourth-order valence-corrected chi connectivity index (χ4v) is 1.73. The van der Waals surface area contributed by atoms with Gasteiger partial charge in [-0.15, -0.1) is 0 Å². The molecule has 0 radical (unpaired) electrons. The Morgan fingerprint density at radius 1 is 1.53 bits per heavy atom. The molecule has 1 heterocycles. The van der Waals surface area contributed by atoms with Crippen molar-refractivity contribution in [3.63, 3.8) is 0 Å². The molecule has 3 nitrogen and oxygen atoms in total. The number of fused-ring (bicyclic) bond motifs is 1. The molecule has 0 saturated heterocycles. The largest absolute Gasteiger partial charge is 0.478 e. The Kier molecular flexibility index (Phi) is 2.19. The Morgan fingerprint density at radius 2 is 2.27 bits per heavy atom. The maximum atomic E-state index is 13.5. The summed E-state index contributed by atoms with van der Waals surface area (Å²) >= 11 is 0. The molecule has 15 heavy (non-hydrogen) atoms. The van der Waals surface area contributed by atoms with Gasteiger partial charge in [0.25, 0.3) is 0 Å². The van der Waals surface area contributed by atoms with Crippen molar-refractivity contribution in [2.45, 2.75) is 13.5 Å². The van der Waals surface area contributed by atoms with Crippen LogP contribution in [0.2, 0.25) is 0 Å². The zero-order valence-corrected chi connectivity index (χ0v) is 8.20. The van der Waals surface area contributed by atoms with E-state index in [0.29, 0.717) is 12.1 Å². The fraction of sp³-hybridized carbons (Fsp3) is 0.182. The number of nitrogens with zero attached hydrogens (tertiary/aromatic N) is 1. The van der Waals surface area contributed by atoms with E-state index in [1.165, 1.54) is 12.3 Å². The monoisotopic (exact) mass is 207 g/mol. The molecule has 0 bridgehead atoms. The van der Waals surface area contributed by atoms with Crippen molar-refractivity contribution >= 4 is 16.9 Å². The average molecular weight is 207 g/mol. The molecule has 0 unspecified atom stereocenters. The molecule has 0 aliphatic carbocycles. The van der Waals surface area contributed by atoms with Gasteiger partial charge in [0, 0.05) is 18.1 Å². The Hall–Kier alpha value is -1.84. The van der Waals surface area contributed by atoms with E-state index >= 15 is 0 Å². The molecule has 78 valence electrons. The zero-order valence-electron chi connectivity index (χ0n) is 8.20. The molecule has 0 atom stereocenters. The molecule has 0 saturated carbocycles. The van der Waals surface area contributed by atoms with E-state index in [4.69, 9.17) is 5.11 Å². The second-order valence-electron chi connectivity index (χ2n) is 3.27. The van der Waals surface area contributed by atoms with Gasteiger partial charge in [-0.1, -0.05) is 6.07 Å². The van der Waals surface area contributed by atoms with E-state index in [-0.39, 0.29) is 10.9 Å². The van der Waals surface area contributed by atoms with Gasteiger partial charge in [-0.3, -0.25) is 0 Å². The van der Waals surface area contributed by atoms with Crippen molar-refractivity contribution in [3.05, 3.63) is 35.8 Å². The molecular weight excluding hydrogens is 197 g/mol. The van der Waals surface area contributed by atoms with E-state index < -0.39 is 11.8 Å². The second-order valence-corrected chi connectivity index (χ2v) is 3.27. The molecule has 1 N–H and O–H groups in total. The van der Waals surface area contributed by atoms with Crippen molar-refractivity contribution < 1.29 is 14.3 Å². The highest BCUT2D eigenvalue weighted by Gasteiger charge is 2.16. The Morgan fingerprint density at radius 3 is 2.87 bits per heavy atom.